The van der Waals surface area contributed by atoms with E-state index in [2.05, 4.69) is 8.75 Å². The van der Waals surface area contributed by atoms with Crippen LogP contribution in [0.4, 0.5) is 5.69 Å². The van der Waals surface area contributed by atoms with Gasteiger partial charge in [0.1, 0.15) is 11.0 Å². The second-order valence-electron chi connectivity index (χ2n) is 8.02. The monoisotopic (exact) mass is 489 g/mol. The highest BCUT2D eigenvalue weighted by Gasteiger charge is 2.48. The van der Waals surface area contributed by atoms with Crippen molar-refractivity contribution in [2.75, 3.05) is 6.79 Å². The zero-order valence-electron chi connectivity index (χ0n) is 17.8. The van der Waals surface area contributed by atoms with Crippen LogP contribution in [0, 0.1) is 10.1 Å². The molecule has 0 saturated heterocycles. The number of nitro groups is 1. The summed E-state index contributed by atoms with van der Waals surface area (Å²) in [5.74, 6) is -1.83. The van der Waals surface area contributed by atoms with E-state index in [-0.39, 0.29) is 35.6 Å². The number of hydrogen-bond acceptors (Lipinski definition) is 10. The summed E-state index contributed by atoms with van der Waals surface area (Å²) in [6, 6.07) is 15.8. The number of ether oxygens (including phenoxy) is 3. The summed E-state index contributed by atoms with van der Waals surface area (Å²) in [7, 11) is 0. The lowest BCUT2D eigenvalue weighted by Gasteiger charge is -2.25. The fraction of sp³-hybridized carbons (Fsp3) is 0.125. The maximum atomic E-state index is 13.2. The number of cyclic esters (lactones) is 1. The molecule has 0 saturated carbocycles. The number of hydrogen-bond donors (Lipinski definition) is 1. The van der Waals surface area contributed by atoms with E-state index in [4.69, 9.17) is 14.2 Å². The van der Waals surface area contributed by atoms with Gasteiger partial charge in [-0.3, -0.25) is 10.1 Å². The number of carbonyl (C=O) groups is 1. The van der Waals surface area contributed by atoms with Gasteiger partial charge in [0, 0.05) is 29.7 Å². The fourth-order valence-corrected chi connectivity index (χ4v) is 4.79. The van der Waals surface area contributed by atoms with Crippen molar-refractivity contribution in [3.63, 3.8) is 0 Å². The summed E-state index contributed by atoms with van der Waals surface area (Å²) in [4.78, 5) is 23.7. The van der Waals surface area contributed by atoms with Crippen LogP contribution in [0.15, 0.2) is 66.2 Å². The van der Waals surface area contributed by atoms with Crippen molar-refractivity contribution in [3.05, 3.63) is 93.0 Å². The Labute approximate surface area is 201 Å². The van der Waals surface area contributed by atoms with Gasteiger partial charge >= 0.3 is 5.97 Å². The van der Waals surface area contributed by atoms with Gasteiger partial charge in [0.05, 0.1) is 22.2 Å². The molecule has 0 spiro atoms. The molecule has 11 heteroatoms. The van der Waals surface area contributed by atoms with E-state index < -0.39 is 16.7 Å². The Balaban J connectivity index is 1.51. The summed E-state index contributed by atoms with van der Waals surface area (Å²) in [5, 5.41) is 22.8. The molecule has 174 valence electrons. The number of fused-ring (bicyclic) bond motifs is 2. The normalized spacial score (nSPS) is 18.8. The third-order valence-electron chi connectivity index (χ3n) is 5.99. The van der Waals surface area contributed by atoms with Gasteiger partial charge < -0.3 is 19.3 Å². The van der Waals surface area contributed by atoms with Crippen LogP contribution < -0.4 is 9.47 Å². The highest BCUT2D eigenvalue weighted by molar-refractivity contribution is 7.00. The molecular weight excluding hydrogens is 474 g/mol. The van der Waals surface area contributed by atoms with Crippen LogP contribution in [-0.4, -0.2) is 31.5 Å². The van der Waals surface area contributed by atoms with Crippen molar-refractivity contribution < 1.29 is 29.0 Å². The third kappa shape index (κ3) is 3.49. The molecule has 1 aromatic heterocycles. The first-order valence-corrected chi connectivity index (χ1v) is 11.2. The molecule has 2 aliphatic heterocycles. The number of rotatable bonds is 5. The number of nitro benzene ring substituents is 1. The van der Waals surface area contributed by atoms with Gasteiger partial charge in [-0.1, -0.05) is 12.1 Å². The molecule has 1 atom stereocenters. The highest BCUT2D eigenvalue weighted by atomic mass is 32.1. The van der Waals surface area contributed by atoms with Gasteiger partial charge in [-0.2, -0.15) is 8.75 Å². The van der Waals surface area contributed by atoms with Crippen LogP contribution >= 0.6 is 11.7 Å². The van der Waals surface area contributed by atoms with E-state index >= 15 is 0 Å². The molecule has 1 unspecified atom stereocenters. The van der Waals surface area contributed by atoms with Crippen molar-refractivity contribution in [1.29, 1.82) is 0 Å². The lowest BCUT2D eigenvalue weighted by Crippen LogP contribution is -2.29. The molecule has 6 rings (SSSR count). The lowest BCUT2D eigenvalue weighted by atomic mass is 9.88. The Hall–Kier alpha value is -4.35. The maximum Gasteiger partial charge on any atom is 0.342 e. The number of non-ortho nitro benzene ring substituents is 1. The van der Waals surface area contributed by atoms with Crippen LogP contribution in [0.2, 0.25) is 0 Å². The minimum atomic E-state index is -2.13. The minimum absolute atomic E-state index is 0.0730. The molecule has 2 aliphatic rings. The Morgan fingerprint density at radius 3 is 2.57 bits per heavy atom. The fourth-order valence-electron chi connectivity index (χ4n) is 4.28. The first kappa shape index (κ1) is 21.2. The molecule has 4 aromatic rings. The molecular formula is C24H15N3O7S. The Bertz CT molecular complexity index is 1550. The van der Waals surface area contributed by atoms with E-state index in [1.54, 1.807) is 18.2 Å². The van der Waals surface area contributed by atoms with Crippen molar-refractivity contribution >= 4 is 40.0 Å². The maximum absolute atomic E-state index is 13.2. The van der Waals surface area contributed by atoms with Gasteiger partial charge in [0.2, 0.25) is 6.79 Å². The summed E-state index contributed by atoms with van der Waals surface area (Å²) < 4.78 is 24.9. The van der Waals surface area contributed by atoms with Crippen molar-refractivity contribution in [2.45, 2.75) is 12.2 Å². The van der Waals surface area contributed by atoms with Crippen LogP contribution in [0.1, 0.15) is 16.7 Å². The van der Waals surface area contributed by atoms with E-state index in [1.165, 1.54) is 24.3 Å². The molecule has 3 aromatic carbocycles. The quantitative estimate of drug-likeness (QED) is 0.253. The predicted molar refractivity (Wildman–Crippen MR) is 124 cm³/mol. The zero-order valence-corrected chi connectivity index (χ0v) is 18.7. The van der Waals surface area contributed by atoms with Crippen LogP contribution in [0.5, 0.6) is 11.5 Å². The topological polar surface area (TPSA) is 134 Å². The lowest BCUT2D eigenvalue weighted by molar-refractivity contribution is -0.384. The Kier molecular flexibility index (Phi) is 4.76. The van der Waals surface area contributed by atoms with Crippen molar-refractivity contribution in [1.82, 2.24) is 8.75 Å². The molecule has 1 N–H and O–H groups in total. The summed E-state index contributed by atoms with van der Waals surface area (Å²) in [6.45, 7) is 0.0730. The zero-order chi connectivity index (χ0) is 24.2. The van der Waals surface area contributed by atoms with Gasteiger partial charge in [0.25, 0.3) is 11.5 Å². The summed E-state index contributed by atoms with van der Waals surface area (Å²) >= 11 is 1.09. The molecule has 0 fully saturated rings. The SMILES string of the molecule is O=C1OC(O)(c2ccc([N+](=O)[O-])cc2)C(Cc2ccc3nsnc3c2)=C1c1ccc2c(c1)OCO2. The van der Waals surface area contributed by atoms with Crippen LogP contribution in [0.25, 0.3) is 16.6 Å². The van der Waals surface area contributed by atoms with Gasteiger partial charge in [-0.15, -0.1) is 0 Å². The molecule has 0 aliphatic carbocycles. The largest absolute Gasteiger partial charge is 0.454 e. The summed E-state index contributed by atoms with van der Waals surface area (Å²) in [6.07, 6.45) is 0.149. The van der Waals surface area contributed by atoms with Gasteiger partial charge in [0.15, 0.2) is 11.5 Å². The van der Waals surface area contributed by atoms with E-state index in [1.807, 2.05) is 18.2 Å². The number of aliphatic hydroxyl groups is 1. The Morgan fingerprint density at radius 2 is 1.77 bits per heavy atom. The molecule has 3 heterocycles. The van der Waals surface area contributed by atoms with Gasteiger partial charge in [-0.05, 0) is 47.5 Å². The molecule has 10 nitrogen and oxygen atoms in total. The second-order valence-corrected chi connectivity index (χ2v) is 8.55. The smallest absolute Gasteiger partial charge is 0.342 e. The number of carbonyl (C=O) groups excluding carboxylic acids is 1. The standard InChI is InChI=1S/C24H15N3O7S/c28-23-22(14-2-8-20-21(11-14)33-12-32-20)17(9-13-1-7-18-19(10-13)26-35-25-18)24(29,34-23)15-3-5-16(6-4-15)27(30)31/h1-8,10-11,29H,9,12H2. The predicted octanol–water partition coefficient (Wildman–Crippen LogP) is 3.73. The number of esters is 1. The highest BCUT2D eigenvalue weighted by Crippen LogP contribution is 2.46. The number of aromatic nitrogens is 2. The van der Waals surface area contributed by atoms with Crippen molar-refractivity contribution in [3.8, 4) is 11.5 Å². The average molecular weight is 489 g/mol. The minimum Gasteiger partial charge on any atom is -0.454 e. The first-order valence-electron chi connectivity index (χ1n) is 10.5. The number of nitrogens with zero attached hydrogens (tertiary/aromatic N) is 3. The average Bonchev–Trinajstić information content (AvgIpc) is 3.57. The molecule has 0 amide bonds. The summed E-state index contributed by atoms with van der Waals surface area (Å²) in [5.41, 5.74) is 3.22. The number of benzene rings is 3. The van der Waals surface area contributed by atoms with Crippen molar-refractivity contribution in [2.24, 2.45) is 0 Å². The molecule has 0 bridgehead atoms. The van der Waals surface area contributed by atoms with E-state index in [0.29, 0.717) is 22.6 Å². The van der Waals surface area contributed by atoms with E-state index in [9.17, 15) is 20.0 Å². The Morgan fingerprint density at radius 1 is 1.00 bits per heavy atom. The van der Waals surface area contributed by atoms with E-state index in [0.717, 1.165) is 22.8 Å². The third-order valence-corrected chi connectivity index (χ3v) is 6.54. The van der Waals surface area contributed by atoms with Gasteiger partial charge in [-0.25, -0.2) is 4.79 Å². The molecule has 0 radical (unpaired) electrons. The second kappa shape index (κ2) is 7.86. The van der Waals surface area contributed by atoms with Crippen LogP contribution in [0.3, 0.4) is 0 Å². The van der Waals surface area contributed by atoms with Crippen LogP contribution in [-0.2, 0) is 21.7 Å². The molecule has 35 heavy (non-hydrogen) atoms. The first-order chi connectivity index (χ1) is 16.9.